The molecule has 1 aliphatic rings. The maximum absolute atomic E-state index is 12.9. The molecule has 0 saturated carbocycles. The lowest BCUT2D eigenvalue weighted by atomic mass is 10.2. The number of hydrogen-bond acceptors (Lipinski definition) is 6. The highest BCUT2D eigenvalue weighted by atomic mass is 28.3. The summed E-state index contributed by atoms with van der Waals surface area (Å²) in [5, 5.41) is 0. The van der Waals surface area contributed by atoms with Crippen LogP contribution in [0.1, 0.15) is 12.1 Å². The Balaban J connectivity index is 2.15. The molecule has 0 spiro atoms. The number of anilines is 1. The average molecular weight is 381 g/mol. The standard InChI is InChI=1S/C18H32N4O3Si/c1-20-7-9-21(10-8-20)17-18(24)22(14-16(19-17)6-5-11-23)15-25-12-13-26(2,3)4/h11,14H,5-10,12-13,15H2,1-4H3. The molecule has 0 amide bonds. The molecular formula is C18H32N4O3Si. The van der Waals surface area contributed by atoms with E-state index in [1.165, 1.54) is 0 Å². The van der Waals surface area contributed by atoms with E-state index in [0.717, 1.165) is 44.2 Å². The summed E-state index contributed by atoms with van der Waals surface area (Å²) in [7, 11) is 0.921. The van der Waals surface area contributed by atoms with E-state index < -0.39 is 8.07 Å². The van der Waals surface area contributed by atoms with Crippen LogP contribution >= 0.6 is 0 Å². The number of piperazine rings is 1. The van der Waals surface area contributed by atoms with Crippen LogP contribution in [0.5, 0.6) is 0 Å². The van der Waals surface area contributed by atoms with Crippen molar-refractivity contribution in [2.75, 3.05) is 44.7 Å². The molecular weight excluding hydrogens is 348 g/mol. The van der Waals surface area contributed by atoms with Gasteiger partial charge in [0.15, 0.2) is 5.82 Å². The molecule has 0 N–H and O–H groups in total. The molecule has 0 unspecified atom stereocenters. The van der Waals surface area contributed by atoms with Gasteiger partial charge in [-0.25, -0.2) is 4.98 Å². The quantitative estimate of drug-likeness (QED) is 0.367. The first kappa shape index (κ1) is 20.8. The highest BCUT2D eigenvalue weighted by Gasteiger charge is 2.20. The number of nitrogens with zero attached hydrogens (tertiary/aromatic N) is 4. The summed E-state index contributed by atoms with van der Waals surface area (Å²) in [4.78, 5) is 32.4. The van der Waals surface area contributed by atoms with Crippen LogP contribution < -0.4 is 10.5 Å². The second-order valence-electron chi connectivity index (χ2n) is 8.17. The lowest BCUT2D eigenvalue weighted by Crippen LogP contribution is -2.47. The summed E-state index contributed by atoms with van der Waals surface area (Å²) in [5.41, 5.74) is 0.650. The van der Waals surface area contributed by atoms with Crippen molar-refractivity contribution in [3.8, 4) is 0 Å². The summed E-state index contributed by atoms with van der Waals surface area (Å²) < 4.78 is 7.37. The molecule has 1 saturated heterocycles. The summed E-state index contributed by atoms with van der Waals surface area (Å²) >= 11 is 0. The van der Waals surface area contributed by atoms with E-state index in [2.05, 4.69) is 36.6 Å². The summed E-state index contributed by atoms with van der Waals surface area (Å²) in [6.45, 7) is 11.2. The Hall–Kier alpha value is -1.51. The first-order chi connectivity index (χ1) is 12.3. The fourth-order valence-electron chi connectivity index (χ4n) is 2.77. The van der Waals surface area contributed by atoms with Gasteiger partial charge in [0, 0.05) is 53.5 Å². The molecule has 2 rings (SSSR count). The Morgan fingerprint density at radius 3 is 2.54 bits per heavy atom. The summed E-state index contributed by atoms with van der Waals surface area (Å²) in [6, 6.07) is 1.07. The van der Waals surface area contributed by atoms with Gasteiger partial charge in [-0.1, -0.05) is 19.6 Å². The van der Waals surface area contributed by atoms with Crippen molar-refractivity contribution >= 4 is 20.2 Å². The minimum absolute atomic E-state index is 0.114. The van der Waals surface area contributed by atoms with Gasteiger partial charge in [-0.3, -0.25) is 9.36 Å². The van der Waals surface area contributed by atoms with E-state index in [0.29, 0.717) is 25.3 Å². The third-order valence-electron chi connectivity index (χ3n) is 4.55. The number of carbonyl (C=O) groups excluding carboxylic acids is 1. The predicted molar refractivity (Wildman–Crippen MR) is 107 cm³/mol. The number of carbonyl (C=O) groups is 1. The van der Waals surface area contributed by atoms with Gasteiger partial charge in [-0.15, -0.1) is 0 Å². The van der Waals surface area contributed by atoms with Crippen LogP contribution in [0.15, 0.2) is 11.0 Å². The van der Waals surface area contributed by atoms with Crippen molar-refractivity contribution in [1.29, 1.82) is 0 Å². The molecule has 26 heavy (non-hydrogen) atoms. The average Bonchev–Trinajstić information content (AvgIpc) is 2.58. The van der Waals surface area contributed by atoms with E-state index >= 15 is 0 Å². The van der Waals surface area contributed by atoms with Crippen LogP contribution in [0.25, 0.3) is 0 Å². The van der Waals surface area contributed by atoms with Gasteiger partial charge in [0.1, 0.15) is 13.0 Å². The Morgan fingerprint density at radius 1 is 1.23 bits per heavy atom. The first-order valence-electron chi connectivity index (χ1n) is 9.35. The second kappa shape index (κ2) is 9.43. The van der Waals surface area contributed by atoms with Gasteiger partial charge in [0.2, 0.25) is 0 Å². The van der Waals surface area contributed by atoms with Crippen molar-refractivity contribution < 1.29 is 9.53 Å². The number of hydrogen-bond donors (Lipinski definition) is 0. The van der Waals surface area contributed by atoms with Crippen molar-refractivity contribution in [2.45, 2.75) is 45.3 Å². The highest BCUT2D eigenvalue weighted by Crippen LogP contribution is 2.11. The minimum atomic E-state index is -1.16. The lowest BCUT2D eigenvalue weighted by Gasteiger charge is -2.33. The maximum Gasteiger partial charge on any atom is 0.295 e. The third kappa shape index (κ3) is 6.33. The summed E-state index contributed by atoms with van der Waals surface area (Å²) in [6.07, 6.45) is 3.57. The molecule has 0 aromatic carbocycles. The Kier molecular flexibility index (Phi) is 7.54. The zero-order valence-electron chi connectivity index (χ0n) is 16.5. The van der Waals surface area contributed by atoms with Crippen LogP contribution in [0.3, 0.4) is 0 Å². The zero-order chi connectivity index (χ0) is 19.2. The molecule has 7 nitrogen and oxygen atoms in total. The summed E-state index contributed by atoms with van der Waals surface area (Å²) in [5.74, 6) is 0.482. The number of aldehydes is 1. The van der Waals surface area contributed by atoms with Crippen molar-refractivity contribution in [3.63, 3.8) is 0 Å². The molecule has 1 aromatic heterocycles. The molecule has 2 heterocycles. The Labute approximate surface area is 157 Å². The molecule has 0 aliphatic carbocycles. The number of likely N-dealkylation sites (N-methyl/N-ethyl adjacent to an activating group) is 1. The van der Waals surface area contributed by atoms with Crippen molar-refractivity contribution in [2.24, 2.45) is 0 Å². The van der Waals surface area contributed by atoms with Crippen LogP contribution in [0, 0.1) is 0 Å². The smallest absolute Gasteiger partial charge is 0.295 e. The van der Waals surface area contributed by atoms with E-state index in [1.54, 1.807) is 10.8 Å². The number of rotatable bonds is 9. The van der Waals surface area contributed by atoms with Gasteiger partial charge in [0.05, 0.1) is 5.69 Å². The minimum Gasteiger partial charge on any atom is -0.361 e. The second-order valence-corrected chi connectivity index (χ2v) is 13.8. The van der Waals surface area contributed by atoms with Crippen LogP contribution in [0.2, 0.25) is 25.7 Å². The van der Waals surface area contributed by atoms with Crippen molar-refractivity contribution in [3.05, 3.63) is 22.2 Å². The molecule has 1 fully saturated rings. The van der Waals surface area contributed by atoms with Gasteiger partial charge in [-0.05, 0) is 19.5 Å². The monoisotopic (exact) mass is 380 g/mol. The van der Waals surface area contributed by atoms with Crippen LogP contribution in [-0.2, 0) is 22.7 Å². The zero-order valence-corrected chi connectivity index (χ0v) is 17.5. The molecule has 0 radical (unpaired) electrons. The van der Waals surface area contributed by atoms with E-state index in [1.807, 2.05) is 4.90 Å². The normalized spacial score (nSPS) is 16.1. The fourth-order valence-corrected chi connectivity index (χ4v) is 3.53. The number of aromatic nitrogens is 2. The van der Waals surface area contributed by atoms with E-state index in [-0.39, 0.29) is 12.3 Å². The van der Waals surface area contributed by atoms with Crippen LogP contribution in [0.4, 0.5) is 5.82 Å². The largest absolute Gasteiger partial charge is 0.361 e. The van der Waals surface area contributed by atoms with E-state index in [9.17, 15) is 9.59 Å². The fraction of sp³-hybridized carbons (Fsp3) is 0.722. The van der Waals surface area contributed by atoms with Gasteiger partial charge in [0.25, 0.3) is 5.56 Å². The van der Waals surface area contributed by atoms with Crippen LogP contribution in [-0.4, -0.2) is 68.6 Å². The van der Waals surface area contributed by atoms with Crippen molar-refractivity contribution in [1.82, 2.24) is 14.5 Å². The van der Waals surface area contributed by atoms with Gasteiger partial charge in [-0.2, -0.15) is 0 Å². The van der Waals surface area contributed by atoms with E-state index in [4.69, 9.17) is 4.74 Å². The highest BCUT2D eigenvalue weighted by molar-refractivity contribution is 6.76. The molecule has 1 aliphatic heterocycles. The molecule has 0 atom stereocenters. The lowest BCUT2D eigenvalue weighted by molar-refractivity contribution is -0.107. The first-order valence-corrected chi connectivity index (χ1v) is 13.1. The number of aryl methyl sites for hydroxylation is 1. The van der Waals surface area contributed by atoms with Gasteiger partial charge >= 0.3 is 0 Å². The molecule has 1 aromatic rings. The predicted octanol–water partition coefficient (Wildman–Crippen LogP) is 1.44. The third-order valence-corrected chi connectivity index (χ3v) is 6.26. The molecule has 8 heteroatoms. The maximum atomic E-state index is 12.9. The Bertz CT molecular complexity index is 649. The topological polar surface area (TPSA) is 67.7 Å². The molecule has 0 bridgehead atoms. The van der Waals surface area contributed by atoms with Gasteiger partial charge < -0.3 is 19.3 Å². The molecule has 146 valence electrons. The SMILES string of the molecule is CN1CCN(c2nc(CCC=O)cn(COCC[Si](C)(C)C)c2=O)CC1. The Morgan fingerprint density at radius 2 is 1.92 bits per heavy atom. The number of ether oxygens (including phenoxy) is 1.